The summed E-state index contributed by atoms with van der Waals surface area (Å²) in [5.41, 5.74) is 2.42. The summed E-state index contributed by atoms with van der Waals surface area (Å²) in [6.07, 6.45) is 2.45. The molecule has 0 atom stereocenters. The van der Waals surface area contributed by atoms with Crippen molar-refractivity contribution in [2.24, 2.45) is 0 Å². The molecule has 2 aromatic rings. The Balaban J connectivity index is 1.83. The number of pyridine rings is 1. The molecule has 3 rings (SSSR count). The quantitative estimate of drug-likeness (QED) is 0.704. The van der Waals surface area contributed by atoms with E-state index >= 15 is 0 Å². The zero-order valence-electron chi connectivity index (χ0n) is 16.9. The lowest BCUT2D eigenvalue weighted by atomic mass is 9.99. The minimum atomic E-state index is -3.46. The van der Waals surface area contributed by atoms with Gasteiger partial charge in [-0.15, -0.1) is 0 Å². The largest absolute Gasteiger partial charge is 0.493 e. The molecule has 0 amide bonds. The lowest BCUT2D eigenvalue weighted by molar-refractivity contribution is -0.367. The second-order valence-electron chi connectivity index (χ2n) is 6.65. The van der Waals surface area contributed by atoms with Gasteiger partial charge >= 0.3 is 0 Å². The molecule has 7 nitrogen and oxygen atoms in total. The molecule has 1 aromatic carbocycles. The van der Waals surface area contributed by atoms with Crippen LogP contribution < -0.4 is 19.4 Å². The molecule has 2 heterocycles. The van der Waals surface area contributed by atoms with Gasteiger partial charge in [0.2, 0.25) is 10.0 Å². The molecule has 28 heavy (non-hydrogen) atoms. The standard InChI is InChI=1S/C20H27N3O4S/c1-5-23(6-2)28(24,25)17-7-8-20(21-13-17)22-10-9-15-11-18(26-3)19(27-4)12-16(15)14-22/h7-8,11-13H,5-6,9-10,14H2,1-4H3/p+1. The number of aromatic amines is 1. The Labute approximate surface area is 166 Å². The van der Waals surface area contributed by atoms with Crippen LogP contribution in [-0.2, 0) is 23.0 Å². The number of anilines is 1. The van der Waals surface area contributed by atoms with Crippen LogP contribution in [0.5, 0.6) is 11.5 Å². The molecule has 1 aliphatic rings. The third kappa shape index (κ3) is 3.79. The predicted octanol–water partition coefficient (Wildman–Crippen LogP) is 2.11. The van der Waals surface area contributed by atoms with Crippen LogP contribution in [0.3, 0.4) is 0 Å². The van der Waals surface area contributed by atoms with Crippen molar-refractivity contribution in [2.75, 3.05) is 38.8 Å². The molecule has 0 radical (unpaired) electrons. The molecule has 152 valence electrons. The summed E-state index contributed by atoms with van der Waals surface area (Å²) in [5, 5.41) is 0. The zero-order chi connectivity index (χ0) is 20.3. The molecule has 0 spiro atoms. The lowest BCUT2D eigenvalue weighted by Gasteiger charge is -2.25. The number of nitrogens with zero attached hydrogens (tertiary/aromatic N) is 2. The van der Waals surface area contributed by atoms with Crippen molar-refractivity contribution >= 4 is 15.8 Å². The molecule has 1 aromatic heterocycles. The number of hydrogen-bond acceptors (Lipinski definition) is 5. The second-order valence-corrected chi connectivity index (χ2v) is 8.58. The first kappa shape index (κ1) is 20.4. The number of methoxy groups -OCH3 is 2. The molecule has 1 N–H and O–H groups in total. The van der Waals surface area contributed by atoms with Gasteiger partial charge in [0.15, 0.2) is 11.5 Å². The minimum absolute atomic E-state index is 0.281. The minimum Gasteiger partial charge on any atom is -0.493 e. The normalized spacial score (nSPS) is 14.1. The second kappa shape index (κ2) is 8.36. The lowest BCUT2D eigenvalue weighted by Crippen LogP contribution is -2.35. The summed E-state index contributed by atoms with van der Waals surface area (Å²) < 4.78 is 37.5. The number of nitrogens with one attached hydrogen (secondary N) is 1. The zero-order valence-corrected chi connectivity index (χ0v) is 17.7. The number of ether oxygens (including phenoxy) is 2. The monoisotopic (exact) mass is 406 g/mol. The van der Waals surface area contributed by atoms with Gasteiger partial charge in [-0.25, -0.2) is 13.4 Å². The first-order valence-corrected chi connectivity index (χ1v) is 10.9. The number of sulfonamides is 1. The van der Waals surface area contributed by atoms with Gasteiger partial charge in [-0.2, -0.15) is 4.31 Å². The van der Waals surface area contributed by atoms with Crippen molar-refractivity contribution in [3.05, 3.63) is 41.6 Å². The molecule has 0 bridgehead atoms. The first-order chi connectivity index (χ1) is 13.4. The summed E-state index contributed by atoms with van der Waals surface area (Å²) in [5.74, 6) is 2.35. The van der Waals surface area contributed by atoms with Crippen LogP contribution in [0.4, 0.5) is 5.82 Å². The highest BCUT2D eigenvalue weighted by Gasteiger charge is 2.27. The Kier molecular flexibility index (Phi) is 6.10. The average Bonchev–Trinajstić information content (AvgIpc) is 2.73. The molecular weight excluding hydrogens is 378 g/mol. The highest BCUT2D eigenvalue weighted by Crippen LogP contribution is 2.33. The highest BCUT2D eigenvalue weighted by molar-refractivity contribution is 7.89. The Morgan fingerprint density at radius 1 is 1.07 bits per heavy atom. The smallest absolute Gasteiger partial charge is 0.274 e. The summed E-state index contributed by atoms with van der Waals surface area (Å²) in [6, 6.07) is 7.56. The van der Waals surface area contributed by atoms with E-state index in [1.165, 1.54) is 15.4 Å². The average molecular weight is 407 g/mol. The third-order valence-electron chi connectivity index (χ3n) is 5.17. The van der Waals surface area contributed by atoms with E-state index in [1.807, 2.05) is 32.0 Å². The van der Waals surface area contributed by atoms with Crippen molar-refractivity contribution in [3.63, 3.8) is 0 Å². The highest BCUT2D eigenvalue weighted by atomic mass is 32.2. The van der Waals surface area contributed by atoms with Crippen LogP contribution in [0.15, 0.2) is 35.4 Å². The number of hydrogen-bond donors (Lipinski definition) is 0. The summed E-state index contributed by atoms with van der Waals surface area (Å²) in [6.45, 7) is 6.14. The number of H-pyrrole nitrogens is 1. The van der Waals surface area contributed by atoms with Crippen molar-refractivity contribution in [1.82, 2.24) is 4.31 Å². The van der Waals surface area contributed by atoms with Crippen LogP contribution in [-0.4, -0.2) is 46.6 Å². The van der Waals surface area contributed by atoms with Gasteiger partial charge in [-0.05, 0) is 23.8 Å². The fourth-order valence-corrected chi connectivity index (χ4v) is 4.99. The SMILES string of the molecule is CCN(CC)S(=O)(=O)c1ccc(N2CCc3cc(OC)c(OC)cc3C2)[nH+]c1. The van der Waals surface area contributed by atoms with Crippen LogP contribution in [0.2, 0.25) is 0 Å². The van der Waals surface area contributed by atoms with Gasteiger partial charge in [0.1, 0.15) is 17.6 Å². The number of aromatic nitrogens is 1. The molecule has 0 saturated carbocycles. The van der Waals surface area contributed by atoms with E-state index in [4.69, 9.17) is 9.47 Å². The van der Waals surface area contributed by atoms with Crippen LogP contribution in [0.1, 0.15) is 25.0 Å². The Morgan fingerprint density at radius 3 is 2.25 bits per heavy atom. The number of benzene rings is 1. The molecule has 8 heteroatoms. The van der Waals surface area contributed by atoms with E-state index in [0.29, 0.717) is 25.4 Å². The van der Waals surface area contributed by atoms with Gasteiger partial charge < -0.3 is 9.47 Å². The van der Waals surface area contributed by atoms with E-state index in [2.05, 4.69) is 9.88 Å². The predicted molar refractivity (Wildman–Crippen MR) is 107 cm³/mol. The van der Waals surface area contributed by atoms with Gasteiger partial charge in [0.05, 0.1) is 20.8 Å². The molecular formula is C20H28N3O4S+. The van der Waals surface area contributed by atoms with Crippen molar-refractivity contribution in [2.45, 2.75) is 31.7 Å². The summed E-state index contributed by atoms with van der Waals surface area (Å²) in [7, 11) is -0.187. The number of fused-ring (bicyclic) bond motifs is 1. The third-order valence-corrected chi connectivity index (χ3v) is 7.22. The summed E-state index contributed by atoms with van der Waals surface area (Å²) >= 11 is 0. The maximum atomic E-state index is 12.6. The Bertz CT molecular complexity index is 925. The topological polar surface area (TPSA) is 73.2 Å². The van der Waals surface area contributed by atoms with E-state index < -0.39 is 10.0 Å². The first-order valence-electron chi connectivity index (χ1n) is 9.45. The van der Waals surface area contributed by atoms with Gasteiger partial charge in [-0.1, -0.05) is 13.8 Å². The van der Waals surface area contributed by atoms with E-state index in [-0.39, 0.29) is 4.90 Å². The van der Waals surface area contributed by atoms with Crippen molar-refractivity contribution < 1.29 is 22.9 Å². The maximum absolute atomic E-state index is 12.6. The van der Waals surface area contributed by atoms with Crippen LogP contribution in [0, 0.1) is 0 Å². The van der Waals surface area contributed by atoms with Crippen molar-refractivity contribution in [3.8, 4) is 11.5 Å². The van der Waals surface area contributed by atoms with E-state index in [9.17, 15) is 8.42 Å². The fraction of sp³-hybridized carbons (Fsp3) is 0.450. The Morgan fingerprint density at radius 2 is 1.71 bits per heavy atom. The molecule has 0 saturated heterocycles. The molecule has 0 unspecified atom stereocenters. The summed E-state index contributed by atoms with van der Waals surface area (Å²) in [4.78, 5) is 5.64. The fourth-order valence-electron chi connectivity index (χ4n) is 3.56. The number of rotatable bonds is 7. The molecule has 0 aliphatic carbocycles. The van der Waals surface area contributed by atoms with E-state index in [1.54, 1.807) is 26.5 Å². The maximum Gasteiger partial charge on any atom is 0.274 e. The van der Waals surface area contributed by atoms with Crippen LogP contribution in [0.25, 0.3) is 0 Å². The molecule has 0 fully saturated rings. The van der Waals surface area contributed by atoms with Crippen LogP contribution >= 0.6 is 0 Å². The Hall–Kier alpha value is -2.32. The van der Waals surface area contributed by atoms with Gasteiger partial charge in [-0.3, -0.25) is 4.90 Å². The van der Waals surface area contributed by atoms with Crippen molar-refractivity contribution in [1.29, 1.82) is 0 Å². The molecule has 1 aliphatic heterocycles. The van der Waals surface area contributed by atoms with Gasteiger partial charge in [0.25, 0.3) is 5.82 Å². The van der Waals surface area contributed by atoms with E-state index in [0.717, 1.165) is 24.5 Å². The van der Waals surface area contributed by atoms with Gasteiger partial charge in [0, 0.05) is 31.1 Å².